The maximum Gasteiger partial charge on any atom is 0.339 e. The number of carbonyl (C=O) groups is 3. The lowest BCUT2D eigenvalue weighted by Gasteiger charge is -2.62. The fourth-order valence-corrected chi connectivity index (χ4v) is 9.12. The van der Waals surface area contributed by atoms with E-state index >= 15 is 4.39 Å². The lowest BCUT2D eigenvalue weighted by molar-refractivity contribution is -0.214. The van der Waals surface area contributed by atoms with Gasteiger partial charge in [0, 0.05) is 16.7 Å². The molecule has 3 saturated carbocycles. The summed E-state index contributed by atoms with van der Waals surface area (Å²) in [6, 6.07) is 7.92. The number of thioether (sulfide) groups is 1. The number of carbonyl (C=O) groups excluding carboxylic acids is 3. The van der Waals surface area contributed by atoms with E-state index in [0.29, 0.717) is 30.6 Å². The Morgan fingerprint density at radius 3 is 2.60 bits per heavy atom. The van der Waals surface area contributed by atoms with Crippen LogP contribution in [0.5, 0.6) is 17.5 Å². The quantitative estimate of drug-likeness (QED) is 0.411. The molecular formula is C33H32FN3O7S. The van der Waals surface area contributed by atoms with Crippen molar-refractivity contribution in [1.29, 1.82) is 5.26 Å². The fraction of sp³-hybridized carbons (Fsp3) is 0.455. The number of aromatic nitrogens is 2. The maximum atomic E-state index is 17.5. The lowest BCUT2D eigenvalue weighted by atomic mass is 9.45. The number of aromatic hydroxyl groups is 1. The zero-order valence-corrected chi connectivity index (χ0v) is 25.6. The number of halogens is 1. The van der Waals surface area contributed by atoms with E-state index in [1.807, 2.05) is 6.07 Å². The maximum absolute atomic E-state index is 17.5. The van der Waals surface area contributed by atoms with Gasteiger partial charge >= 0.3 is 5.97 Å². The second-order valence-corrected chi connectivity index (χ2v) is 13.5. The number of nitrogens with zero attached hydrogens (tertiary/aromatic N) is 3. The molecule has 1 heterocycles. The molecule has 3 fully saturated rings. The van der Waals surface area contributed by atoms with Gasteiger partial charge in [0.25, 0.3) is 0 Å². The summed E-state index contributed by atoms with van der Waals surface area (Å²) in [5.41, 5.74) is -5.35. The number of rotatable bonds is 6. The Kier molecular flexibility index (Phi) is 7.61. The van der Waals surface area contributed by atoms with Crippen LogP contribution in [0.25, 0.3) is 0 Å². The molecule has 1 aromatic carbocycles. The third kappa shape index (κ3) is 4.67. The van der Waals surface area contributed by atoms with Gasteiger partial charge in [-0.2, -0.15) is 5.26 Å². The number of ether oxygens (including phenoxy) is 2. The first kappa shape index (κ1) is 30.9. The van der Waals surface area contributed by atoms with Gasteiger partial charge in [-0.3, -0.25) is 9.59 Å². The molecule has 0 unspecified atom stereocenters. The number of nitriles is 1. The van der Waals surface area contributed by atoms with Gasteiger partial charge in [-0.1, -0.05) is 30.3 Å². The highest BCUT2D eigenvalue weighted by atomic mass is 32.2. The zero-order chi connectivity index (χ0) is 32.2. The molecule has 10 nitrogen and oxygen atoms in total. The Bertz CT molecular complexity index is 1660. The summed E-state index contributed by atoms with van der Waals surface area (Å²) in [6.45, 7) is 3.51. The number of fused-ring (bicyclic) bond motifs is 5. The van der Waals surface area contributed by atoms with Crippen molar-refractivity contribution < 1.29 is 38.5 Å². The minimum Gasteiger partial charge on any atom is -0.492 e. The predicted molar refractivity (Wildman–Crippen MR) is 160 cm³/mol. The Morgan fingerprint density at radius 1 is 1.16 bits per heavy atom. The monoisotopic (exact) mass is 633 g/mol. The molecule has 6 rings (SSSR count). The normalized spacial score (nSPS) is 34.9. The summed E-state index contributed by atoms with van der Waals surface area (Å²) in [6.07, 6.45) is 6.42. The third-order valence-electron chi connectivity index (χ3n) is 10.6. The van der Waals surface area contributed by atoms with Gasteiger partial charge in [-0.25, -0.2) is 19.2 Å². The molecule has 1 aromatic heterocycles. The average molecular weight is 634 g/mol. The van der Waals surface area contributed by atoms with E-state index in [9.17, 15) is 29.9 Å². The third-order valence-corrected chi connectivity index (χ3v) is 11.4. The number of hydrogen-bond donors (Lipinski definition) is 2. The standard InChI is InChI=1S/C33H32FN3O7S/c1-30-11-9-21(38)15-20(30)5-8-24-23-10-12-32(29(42)45-14-13-35,31(23,2)16-25(39)33(24,30)34)44-28(41)19-3-6-22(7-4-19)43-27-18-36-26(40)17-37-27/h3-4,6-7,9,11,15,17-18,23-25,39H,5,8,10,12,14,16H2,1-2H3,(H,36,40)/t23-,24-,25-,30-,31-,32-,33-/m0/s1. The predicted octanol–water partition coefficient (Wildman–Crippen LogP) is 5.02. The highest BCUT2D eigenvalue weighted by Crippen LogP contribution is 2.70. The highest BCUT2D eigenvalue weighted by Gasteiger charge is 2.75. The fourth-order valence-electron chi connectivity index (χ4n) is 8.32. The summed E-state index contributed by atoms with van der Waals surface area (Å²) >= 11 is 0.755. The van der Waals surface area contributed by atoms with Crippen LogP contribution in [-0.4, -0.2) is 60.2 Å². The molecule has 0 saturated heterocycles. The molecule has 2 N–H and O–H groups in total. The van der Waals surface area contributed by atoms with Gasteiger partial charge in [-0.05, 0) is 81.4 Å². The lowest BCUT2D eigenvalue weighted by Crippen LogP contribution is -2.69. The Morgan fingerprint density at radius 2 is 1.91 bits per heavy atom. The van der Waals surface area contributed by atoms with Crippen LogP contribution >= 0.6 is 11.8 Å². The minimum atomic E-state index is -2.10. The molecule has 234 valence electrons. The van der Waals surface area contributed by atoms with E-state index in [1.165, 1.54) is 42.6 Å². The number of allylic oxidation sites excluding steroid dienone is 4. The summed E-state index contributed by atoms with van der Waals surface area (Å²) in [5.74, 6) is -2.03. The summed E-state index contributed by atoms with van der Waals surface area (Å²) in [7, 11) is 0. The topological polar surface area (TPSA) is 160 Å². The Hall–Kier alpha value is -4.08. The Labute approximate surface area is 263 Å². The number of alkyl halides is 1. The largest absolute Gasteiger partial charge is 0.492 e. The van der Waals surface area contributed by atoms with Crippen molar-refractivity contribution >= 4 is 28.6 Å². The van der Waals surface area contributed by atoms with Crippen molar-refractivity contribution in [3.05, 3.63) is 66.0 Å². The van der Waals surface area contributed by atoms with Crippen molar-refractivity contribution in [2.75, 3.05) is 5.75 Å². The minimum absolute atomic E-state index is 0.116. The molecule has 12 heteroatoms. The molecular weight excluding hydrogens is 601 g/mol. The SMILES string of the molecule is C[C@]12C=CC(=O)C=C1CC[C@H]1[C@@H]3CC[C@](OC(=O)c4ccc(Oc5cnc(O)cn5)cc4)(C(=O)SCC#N)[C@@]3(C)C[C@H](O)[C@@]12F. The van der Waals surface area contributed by atoms with Crippen LogP contribution in [0, 0.1) is 34.0 Å². The average Bonchev–Trinajstić information content (AvgIpc) is 3.30. The summed E-state index contributed by atoms with van der Waals surface area (Å²) in [5, 5.41) is 29.7. The number of esters is 1. The van der Waals surface area contributed by atoms with Crippen molar-refractivity contribution in [3.8, 4) is 23.6 Å². The van der Waals surface area contributed by atoms with Crippen molar-refractivity contribution in [2.45, 2.75) is 63.3 Å². The first-order valence-electron chi connectivity index (χ1n) is 14.8. The van der Waals surface area contributed by atoms with E-state index in [4.69, 9.17) is 9.47 Å². The molecule has 4 aliphatic rings. The van der Waals surface area contributed by atoms with Crippen LogP contribution in [0.15, 0.2) is 60.5 Å². The molecule has 0 radical (unpaired) electrons. The van der Waals surface area contributed by atoms with Gasteiger partial charge in [0.2, 0.25) is 16.9 Å². The van der Waals surface area contributed by atoms with Crippen LogP contribution in [0.3, 0.4) is 0 Å². The molecule has 45 heavy (non-hydrogen) atoms. The summed E-state index contributed by atoms with van der Waals surface area (Å²) in [4.78, 5) is 47.4. The smallest absolute Gasteiger partial charge is 0.339 e. The first-order valence-corrected chi connectivity index (χ1v) is 15.7. The van der Waals surface area contributed by atoms with E-state index in [2.05, 4.69) is 9.97 Å². The molecule has 4 aliphatic carbocycles. The molecule has 2 aromatic rings. The molecule has 7 atom stereocenters. The highest BCUT2D eigenvalue weighted by molar-refractivity contribution is 8.14. The summed E-state index contributed by atoms with van der Waals surface area (Å²) < 4.78 is 29.3. The van der Waals surface area contributed by atoms with Gasteiger partial charge in [0.05, 0.1) is 35.9 Å². The first-order chi connectivity index (χ1) is 21.4. The van der Waals surface area contributed by atoms with Crippen LogP contribution in [0.1, 0.15) is 56.3 Å². The van der Waals surface area contributed by atoms with Gasteiger partial charge in [0.1, 0.15) is 5.75 Å². The van der Waals surface area contributed by atoms with E-state index in [-0.39, 0.29) is 41.7 Å². The number of aliphatic hydroxyl groups excluding tert-OH is 1. The molecule has 0 spiro atoms. The second kappa shape index (κ2) is 11.1. The molecule has 0 aliphatic heterocycles. The van der Waals surface area contributed by atoms with Crippen LogP contribution < -0.4 is 4.74 Å². The number of benzene rings is 1. The number of aliphatic hydroxyl groups is 1. The number of ketones is 1. The van der Waals surface area contributed by atoms with E-state index < -0.39 is 51.1 Å². The van der Waals surface area contributed by atoms with Crippen LogP contribution in [0.2, 0.25) is 0 Å². The molecule has 0 bridgehead atoms. The van der Waals surface area contributed by atoms with Gasteiger partial charge < -0.3 is 19.7 Å². The van der Waals surface area contributed by atoms with Crippen molar-refractivity contribution in [3.63, 3.8) is 0 Å². The molecule has 0 amide bonds. The second-order valence-electron chi connectivity index (χ2n) is 12.6. The van der Waals surface area contributed by atoms with E-state index in [0.717, 1.165) is 18.0 Å². The van der Waals surface area contributed by atoms with Crippen LogP contribution in [0.4, 0.5) is 4.39 Å². The van der Waals surface area contributed by atoms with Crippen molar-refractivity contribution in [2.24, 2.45) is 22.7 Å². The van der Waals surface area contributed by atoms with Crippen LogP contribution in [-0.2, 0) is 14.3 Å². The van der Waals surface area contributed by atoms with Crippen molar-refractivity contribution in [1.82, 2.24) is 9.97 Å². The zero-order valence-electron chi connectivity index (χ0n) is 24.7. The van der Waals surface area contributed by atoms with E-state index in [1.54, 1.807) is 19.9 Å². The van der Waals surface area contributed by atoms with Gasteiger partial charge in [0.15, 0.2) is 17.1 Å². The Balaban J connectivity index is 1.31. The number of hydrogen-bond acceptors (Lipinski definition) is 11. The van der Waals surface area contributed by atoms with Gasteiger partial charge in [-0.15, -0.1) is 0 Å².